The normalized spacial score (nSPS) is 15.1. The lowest BCUT2D eigenvalue weighted by atomic mass is 10.0. The third kappa shape index (κ3) is 4.06. The van der Waals surface area contributed by atoms with Crippen molar-refractivity contribution in [2.24, 2.45) is 0 Å². The summed E-state index contributed by atoms with van der Waals surface area (Å²) in [6.45, 7) is 4.03. The van der Waals surface area contributed by atoms with Gasteiger partial charge in [-0.2, -0.15) is 0 Å². The van der Waals surface area contributed by atoms with Crippen molar-refractivity contribution in [3.05, 3.63) is 95.4 Å². The van der Waals surface area contributed by atoms with Gasteiger partial charge in [0, 0.05) is 6.54 Å². The monoisotopic (exact) mass is 431 g/mol. The zero-order chi connectivity index (χ0) is 21.1. The number of esters is 1. The molecule has 0 aliphatic carbocycles. The third-order valence-corrected chi connectivity index (χ3v) is 5.94. The molecule has 4 nitrogen and oxygen atoms in total. The Morgan fingerprint density at radius 1 is 1.10 bits per heavy atom. The molecule has 0 aromatic heterocycles. The number of nitrogens with zero attached hydrogens (tertiary/aromatic N) is 1. The van der Waals surface area contributed by atoms with Gasteiger partial charge in [-0.25, -0.2) is 4.79 Å². The van der Waals surface area contributed by atoms with E-state index in [4.69, 9.17) is 17.0 Å². The standard InChI is InChI=1S/C24H17NO3S2/c1-2-13-25-22(26)21(30-24(25)29)15-16-7-5-10-18(14-16)28-23(27)20-12-6-9-17-8-3-4-11-19(17)20/h2-12,14-15H,1,13H2. The van der Waals surface area contributed by atoms with E-state index in [1.54, 1.807) is 36.4 Å². The van der Waals surface area contributed by atoms with Crippen molar-refractivity contribution in [1.82, 2.24) is 4.90 Å². The van der Waals surface area contributed by atoms with Crippen LogP contribution in [0.15, 0.2) is 84.3 Å². The quantitative estimate of drug-likeness (QED) is 0.177. The molecule has 1 amide bonds. The van der Waals surface area contributed by atoms with Crippen molar-refractivity contribution in [2.75, 3.05) is 6.54 Å². The minimum absolute atomic E-state index is 0.150. The summed E-state index contributed by atoms with van der Waals surface area (Å²) in [6, 6.07) is 20.3. The Morgan fingerprint density at radius 2 is 1.87 bits per heavy atom. The highest BCUT2D eigenvalue weighted by atomic mass is 32.2. The molecule has 6 heteroatoms. The Hall–Kier alpha value is -3.22. The Bertz CT molecular complexity index is 1210. The summed E-state index contributed by atoms with van der Waals surface area (Å²) in [6.07, 6.45) is 3.39. The number of carbonyl (C=O) groups is 2. The number of hydrogen-bond acceptors (Lipinski definition) is 5. The molecule has 0 spiro atoms. The zero-order valence-corrected chi connectivity index (χ0v) is 17.5. The molecule has 0 N–H and O–H groups in total. The van der Waals surface area contributed by atoms with Gasteiger partial charge in [-0.1, -0.05) is 78.6 Å². The van der Waals surface area contributed by atoms with E-state index in [0.29, 0.717) is 27.1 Å². The Balaban J connectivity index is 1.57. The van der Waals surface area contributed by atoms with Crippen LogP contribution in [0.2, 0.25) is 0 Å². The molecular formula is C24H17NO3S2. The highest BCUT2D eigenvalue weighted by molar-refractivity contribution is 8.26. The van der Waals surface area contributed by atoms with Gasteiger partial charge in [0.2, 0.25) is 0 Å². The van der Waals surface area contributed by atoms with Crippen molar-refractivity contribution in [3.63, 3.8) is 0 Å². The topological polar surface area (TPSA) is 46.6 Å². The fourth-order valence-corrected chi connectivity index (χ4v) is 4.45. The number of amides is 1. The van der Waals surface area contributed by atoms with Crippen LogP contribution in [-0.2, 0) is 4.79 Å². The second-order valence-corrected chi connectivity index (χ2v) is 8.25. The zero-order valence-electron chi connectivity index (χ0n) is 15.9. The van der Waals surface area contributed by atoms with Crippen LogP contribution in [0.5, 0.6) is 5.75 Å². The highest BCUT2D eigenvalue weighted by Crippen LogP contribution is 2.33. The molecule has 3 aromatic rings. The van der Waals surface area contributed by atoms with Gasteiger partial charge >= 0.3 is 5.97 Å². The number of thioether (sulfide) groups is 1. The minimum atomic E-state index is -0.429. The fourth-order valence-electron chi connectivity index (χ4n) is 3.17. The van der Waals surface area contributed by atoms with E-state index in [2.05, 4.69) is 6.58 Å². The molecule has 3 aromatic carbocycles. The molecule has 0 bridgehead atoms. The number of hydrogen-bond donors (Lipinski definition) is 0. The largest absolute Gasteiger partial charge is 0.423 e. The van der Waals surface area contributed by atoms with Gasteiger partial charge < -0.3 is 4.74 Å². The summed E-state index contributed by atoms with van der Waals surface area (Å²) in [5, 5.41) is 1.81. The predicted molar refractivity (Wildman–Crippen MR) is 125 cm³/mol. The summed E-state index contributed by atoms with van der Waals surface area (Å²) < 4.78 is 6.12. The molecule has 148 valence electrons. The Labute approximate surface area is 183 Å². The lowest BCUT2D eigenvalue weighted by Gasteiger charge is -2.10. The molecule has 4 rings (SSSR count). The molecule has 0 unspecified atom stereocenters. The molecule has 1 saturated heterocycles. The molecule has 1 aliphatic rings. The van der Waals surface area contributed by atoms with Gasteiger partial charge in [0.15, 0.2) is 0 Å². The van der Waals surface area contributed by atoms with Crippen LogP contribution in [0.25, 0.3) is 16.8 Å². The maximum atomic E-state index is 12.8. The van der Waals surface area contributed by atoms with Crippen LogP contribution in [0, 0.1) is 0 Å². The predicted octanol–water partition coefficient (Wildman–Crippen LogP) is 5.45. The van der Waals surface area contributed by atoms with E-state index < -0.39 is 5.97 Å². The summed E-state index contributed by atoms with van der Waals surface area (Å²) >= 11 is 6.51. The first-order chi connectivity index (χ1) is 14.6. The van der Waals surface area contributed by atoms with Gasteiger partial charge in [-0.05, 0) is 40.6 Å². The molecule has 0 atom stereocenters. The molecule has 0 radical (unpaired) electrons. The van der Waals surface area contributed by atoms with Gasteiger partial charge in [0.25, 0.3) is 5.91 Å². The van der Waals surface area contributed by atoms with Crippen LogP contribution >= 0.6 is 24.0 Å². The Kier molecular flexibility index (Phi) is 5.79. The van der Waals surface area contributed by atoms with Crippen molar-refractivity contribution < 1.29 is 14.3 Å². The van der Waals surface area contributed by atoms with Crippen molar-refractivity contribution >= 4 is 57.0 Å². The first-order valence-corrected chi connectivity index (χ1v) is 10.5. The van der Waals surface area contributed by atoms with E-state index >= 15 is 0 Å². The van der Waals surface area contributed by atoms with Crippen LogP contribution < -0.4 is 4.74 Å². The smallest absolute Gasteiger partial charge is 0.344 e. The summed E-state index contributed by atoms with van der Waals surface area (Å²) in [4.78, 5) is 27.3. The average Bonchev–Trinajstić information content (AvgIpc) is 3.01. The Morgan fingerprint density at radius 3 is 2.70 bits per heavy atom. The molecule has 1 heterocycles. The third-order valence-electron chi connectivity index (χ3n) is 4.56. The molecular weight excluding hydrogens is 414 g/mol. The van der Waals surface area contributed by atoms with Gasteiger partial charge in [0.05, 0.1) is 10.5 Å². The molecule has 1 aliphatic heterocycles. The lowest BCUT2D eigenvalue weighted by molar-refractivity contribution is -0.121. The summed E-state index contributed by atoms with van der Waals surface area (Å²) in [5.41, 5.74) is 1.25. The minimum Gasteiger partial charge on any atom is -0.423 e. The first kappa shape index (κ1) is 20.1. The van der Waals surface area contributed by atoms with E-state index in [1.807, 2.05) is 42.5 Å². The number of thiocarbonyl (C=S) groups is 1. The van der Waals surface area contributed by atoms with E-state index in [0.717, 1.165) is 16.3 Å². The molecule has 1 fully saturated rings. The first-order valence-electron chi connectivity index (χ1n) is 9.23. The van der Waals surface area contributed by atoms with Crippen molar-refractivity contribution in [2.45, 2.75) is 0 Å². The number of benzene rings is 3. The second kappa shape index (κ2) is 8.65. The van der Waals surface area contributed by atoms with Crippen LogP contribution in [0.3, 0.4) is 0 Å². The number of rotatable bonds is 5. The maximum absolute atomic E-state index is 12.8. The maximum Gasteiger partial charge on any atom is 0.344 e. The van der Waals surface area contributed by atoms with E-state index in [-0.39, 0.29) is 5.91 Å². The second-order valence-electron chi connectivity index (χ2n) is 6.57. The number of carbonyl (C=O) groups excluding carboxylic acids is 2. The van der Waals surface area contributed by atoms with Gasteiger partial charge in [0.1, 0.15) is 10.1 Å². The molecule has 0 saturated carbocycles. The van der Waals surface area contributed by atoms with Crippen LogP contribution in [-0.4, -0.2) is 27.6 Å². The number of fused-ring (bicyclic) bond motifs is 1. The van der Waals surface area contributed by atoms with Crippen LogP contribution in [0.4, 0.5) is 0 Å². The van der Waals surface area contributed by atoms with E-state index in [1.165, 1.54) is 16.7 Å². The van der Waals surface area contributed by atoms with E-state index in [9.17, 15) is 9.59 Å². The summed E-state index contributed by atoms with van der Waals surface area (Å²) in [7, 11) is 0. The summed E-state index contributed by atoms with van der Waals surface area (Å²) in [5.74, 6) is -0.174. The fraction of sp³-hybridized carbons (Fsp3) is 0.0417. The number of ether oxygens (including phenoxy) is 1. The SMILES string of the molecule is C=CCN1C(=O)C(=Cc2cccc(OC(=O)c3cccc4ccccc34)c2)SC1=S. The van der Waals surface area contributed by atoms with Gasteiger partial charge in [-0.15, -0.1) is 6.58 Å². The highest BCUT2D eigenvalue weighted by Gasteiger charge is 2.30. The average molecular weight is 432 g/mol. The lowest BCUT2D eigenvalue weighted by Crippen LogP contribution is -2.27. The molecule has 30 heavy (non-hydrogen) atoms. The van der Waals surface area contributed by atoms with Crippen molar-refractivity contribution in [3.8, 4) is 5.75 Å². The van der Waals surface area contributed by atoms with Crippen molar-refractivity contribution in [1.29, 1.82) is 0 Å². The van der Waals surface area contributed by atoms with Crippen LogP contribution in [0.1, 0.15) is 15.9 Å². The van der Waals surface area contributed by atoms with Gasteiger partial charge in [-0.3, -0.25) is 9.69 Å².